The van der Waals surface area contributed by atoms with Gasteiger partial charge in [-0.15, -0.1) is 0 Å². The van der Waals surface area contributed by atoms with Crippen molar-refractivity contribution in [3.05, 3.63) is 28.8 Å². The van der Waals surface area contributed by atoms with Gasteiger partial charge in [-0.3, -0.25) is 0 Å². The largest absolute Gasteiger partial charge is 0.370 e. The fourth-order valence-corrected chi connectivity index (χ4v) is 3.14. The SMILES string of the molecule is CN(c1ccc(CN)cc1Cl)C1CCCCCC1. The molecule has 18 heavy (non-hydrogen) atoms. The summed E-state index contributed by atoms with van der Waals surface area (Å²) in [6.45, 7) is 0.549. The molecule has 1 aliphatic carbocycles. The highest BCUT2D eigenvalue weighted by Crippen LogP contribution is 2.31. The first kappa shape index (κ1) is 13.7. The molecule has 2 nitrogen and oxygen atoms in total. The third kappa shape index (κ3) is 3.18. The van der Waals surface area contributed by atoms with Crippen LogP contribution in [0.5, 0.6) is 0 Å². The van der Waals surface area contributed by atoms with Gasteiger partial charge in [0, 0.05) is 19.6 Å². The Bertz CT molecular complexity index is 384. The van der Waals surface area contributed by atoms with Gasteiger partial charge in [-0.1, -0.05) is 43.4 Å². The van der Waals surface area contributed by atoms with Gasteiger partial charge in [0.1, 0.15) is 0 Å². The van der Waals surface area contributed by atoms with Gasteiger partial charge < -0.3 is 10.6 Å². The number of halogens is 1. The van der Waals surface area contributed by atoms with E-state index in [2.05, 4.69) is 24.1 Å². The molecule has 0 amide bonds. The van der Waals surface area contributed by atoms with E-state index in [-0.39, 0.29) is 0 Å². The lowest BCUT2D eigenvalue weighted by molar-refractivity contribution is 0.553. The van der Waals surface area contributed by atoms with Crippen LogP contribution in [0.1, 0.15) is 44.1 Å². The van der Waals surface area contributed by atoms with Crippen molar-refractivity contribution < 1.29 is 0 Å². The highest BCUT2D eigenvalue weighted by atomic mass is 35.5. The minimum absolute atomic E-state index is 0.549. The second-order valence-electron chi connectivity index (χ2n) is 5.25. The molecular formula is C15H23ClN2. The lowest BCUT2D eigenvalue weighted by atomic mass is 10.1. The maximum Gasteiger partial charge on any atom is 0.0642 e. The van der Waals surface area contributed by atoms with Crippen LogP contribution in [0.4, 0.5) is 5.69 Å². The van der Waals surface area contributed by atoms with E-state index in [1.54, 1.807) is 0 Å². The van der Waals surface area contributed by atoms with E-state index >= 15 is 0 Å². The summed E-state index contributed by atoms with van der Waals surface area (Å²) in [7, 11) is 2.17. The number of anilines is 1. The summed E-state index contributed by atoms with van der Waals surface area (Å²) in [6.07, 6.45) is 8.01. The second-order valence-corrected chi connectivity index (χ2v) is 5.65. The summed E-state index contributed by atoms with van der Waals surface area (Å²) >= 11 is 6.37. The quantitative estimate of drug-likeness (QED) is 0.839. The zero-order chi connectivity index (χ0) is 13.0. The fourth-order valence-electron chi connectivity index (χ4n) is 2.81. The van der Waals surface area contributed by atoms with Crippen LogP contribution in [0.2, 0.25) is 5.02 Å². The van der Waals surface area contributed by atoms with E-state index < -0.39 is 0 Å². The zero-order valence-electron chi connectivity index (χ0n) is 11.2. The molecule has 0 aliphatic heterocycles. The van der Waals surface area contributed by atoms with E-state index in [0.717, 1.165) is 16.3 Å². The average Bonchev–Trinajstić information content (AvgIpc) is 2.66. The number of hydrogen-bond acceptors (Lipinski definition) is 2. The molecule has 1 aromatic carbocycles. The Morgan fingerprint density at radius 2 is 1.89 bits per heavy atom. The molecule has 0 atom stereocenters. The maximum absolute atomic E-state index is 6.37. The predicted molar refractivity (Wildman–Crippen MR) is 79.2 cm³/mol. The van der Waals surface area contributed by atoms with E-state index in [1.807, 2.05) is 6.07 Å². The van der Waals surface area contributed by atoms with Crippen molar-refractivity contribution in [1.29, 1.82) is 0 Å². The van der Waals surface area contributed by atoms with Gasteiger partial charge in [-0.2, -0.15) is 0 Å². The van der Waals surface area contributed by atoms with Crippen molar-refractivity contribution in [2.75, 3.05) is 11.9 Å². The van der Waals surface area contributed by atoms with Gasteiger partial charge in [0.25, 0.3) is 0 Å². The second kappa shape index (κ2) is 6.44. The molecule has 0 radical (unpaired) electrons. The fraction of sp³-hybridized carbons (Fsp3) is 0.600. The lowest BCUT2D eigenvalue weighted by Gasteiger charge is -2.30. The maximum atomic E-state index is 6.37. The molecule has 1 aliphatic rings. The van der Waals surface area contributed by atoms with Crippen LogP contribution < -0.4 is 10.6 Å². The number of nitrogens with zero attached hydrogens (tertiary/aromatic N) is 1. The first-order valence-corrected chi connectivity index (χ1v) is 7.31. The van der Waals surface area contributed by atoms with E-state index in [0.29, 0.717) is 12.6 Å². The van der Waals surface area contributed by atoms with Crippen LogP contribution in [0.3, 0.4) is 0 Å². The molecule has 2 N–H and O–H groups in total. The monoisotopic (exact) mass is 266 g/mol. The smallest absolute Gasteiger partial charge is 0.0642 e. The molecule has 100 valence electrons. The molecule has 2 rings (SSSR count). The minimum atomic E-state index is 0.549. The highest BCUT2D eigenvalue weighted by molar-refractivity contribution is 6.33. The molecular weight excluding hydrogens is 244 g/mol. The number of nitrogens with two attached hydrogens (primary N) is 1. The van der Waals surface area contributed by atoms with E-state index in [9.17, 15) is 0 Å². The van der Waals surface area contributed by atoms with Gasteiger partial charge in [-0.05, 0) is 30.5 Å². The van der Waals surface area contributed by atoms with Gasteiger partial charge in [0.2, 0.25) is 0 Å². The molecule has 1 aromatic rings. The first-order valence-electron chi connectivity index (χ1n) is 6.93. The normalized spacial score (nSPS) is 17.5. The Balaban J connectivity index is 2.14. The predicted octanol–water partition coefficient (Wildman–Crippen LogP) is 3.96. The summed E-state index contributed by atoms with van der Waals surface area (Å²) < 4.78 is 0. The van der Waals surface area contributed by atoms with Crippen molar-refractivity contribution in [1.82, 2.24) is 0 Å². The van der Waals surface area contributed by atoms with Crippen LogP contribution in [-0.4, -0.2) is 13.1 Å². The van der Waals surface area contributed by atoms with E-state index in [1.165, 1.54) is 38.5 Å². The topological polar surface area (TPSA) is 29.3 Å². The molecule has 0 spiro atoms. The molecule has 3 heteroatoms. The Morgan fingerprint density at radius 1 is 1.22 bits per heavy atom. The average molecular weight is 267 g/mol. The van der Waals surface area contributed by atoms with Crippen molar-refractivity contribution >= 4 is 17.3 Å². The zero-order valence-corrected chi connectivity index (χ0v) is 11.9. The number of rotatable bonds is 3. The van der Waals surface area contributed by atoms with E-state index in [4.69, 9.17) is 17.3 Å². The third-order valence-corrected chi connectivity index (χ3v) is 4.30. The molecule has 0 heterocycles. The third-order valence-electron chi connectivity index (χ3n) is 4.00. The van der Waals surface area contributed by atoms with Crippen LogP contribution in [0.15, 0.2) is 18.2 Å². The molecule has 0 saturated heterocycles. The highest BCUT2D eigenvalue weighted by Gasteiger charge is 2.18. The Labute approximate surface area is 115 Å². The van der Waals surface area contributed by atoms with Crippen molar-refractivity contribution in [2.24, 2.45) is 5.73 Å². The van der Waals surface area contributed by atoms with Crippen molar-refractivity contribution in [3.8, 4) is 0 Å². The Kier molecular flexibility index (Phi) is 4.90. The van der Waals surface area contributed by atoms with Crippen molar-refractivity contribution in [3.63, 3.8) is 0 Å². The molecule has 0 aromatic heterocycles. The number of hydrogen-bond donors (Lipinski definition) is 1. The number of benzene rings is 1. The molecule has 0 unspecified atom stereocenters. The van der Waals surface area contributed by atoms with Crippen molar-refractivity contribution in [2.45, 2.75) is 51.1 Å². The van der Waals surface area contributed by atoms with Crippen LogP contribution in [-0.2, 0) is 6.54 Å². The molecule has 1 saturated carbocycles. The van der Waals surface area contributed by atoms with Crippen LogP contribution in [0, 0.1) is 0 Å². The standard InChI is InChI=1S/C15H23ClN2/c1-18(13-6-4-2-3-5-7-13)15-9-8-12(11-17)10-14(15)16/h8-10,13H,2-7,11,17H2,1H3. The van der Waals surface area contributed by atoms with Gasteiger partial charge in [0.05, 0.1) is 10.7 Å². The van der Waals surface area contributed by atoms with Gasteiger partial charge in [0.15, 0.2) is 0 Å². The lowest BCUT2D eigenvalue weighted by Crippen LogP contribution is -2.31. The Hall–Kier alpha value is -0.730. The van der Waals surface area contributed by atoms with Gasteiger partial charge >= 0.3 is 0 Å². The summed E-state index contributed by atoms with van der Waals surface area (Å²) in [4.78, 5) is 2.36. The Morgan fingerprint density at radius 3 is 2.44 bits per heavy atom. The first-order chi connectivity index (χ1) is 8.72. The molecule has 1 fully saturated rings. The summed E-state index contributed by atoms with van der Waals surface area (Å²) in [5.41, 5.74) is 7.87. The summed E-state index contributed by atoms with van der Waals surface area (Å²) in [6, 6.07) is 6.81. The van der Waals surface area contributed by atoms with Crippen LogP contribution in [0.25, 0.3) is 0 Å². The molecule has 0 bridgehead atoms. The minimum Gasteiger partial charge on any atom is -0.370 e. The van der Waals surface area contributed by atoms with Gasteiger partial charge in [-0.25, -0.2) is 0 Å². The van der Waals surface area contributed by atoms with Crippen LogP contribution >= 0.6 is 11.6 Å². The summed E-state index contributed by atoms with van der Waals surface area (Å²) in [5.74, 6) is 0. The summed E-state index contributed by atoms with van der Waals surface area (Å²) in [5, 5.41) is 0.824.